The molecule has 96 valence electrons. The maximum atomic E-state index is 11.5. The van der Waals surface area contributed by atoms with E-state index in [-0.39, 0.29) is 12.0 Å². The van der Waals surface area contributed by atoms with Gasteiger partial charge in [0.1, 0.15) is 0 Å². The second kappa shape index (κ2) is 6.59. The lowest BCUT2D eigenvalue weighted by molar-refractivity contribution is -0.143. The van der Waals surface area contributed by atoms with Gasteiger partial charge in [0.2, 0.25) is 0 Å². The number of benzene rings is 1. The van der Waals surface area contributed by atoms with Crippen LogP contribution in [0.2, 0.25) is 0 Å². The van der Waals surface area contributed by atoms with Crippen LogP contribution in [0.15, 0.2) is 29.8 Å². The van der Waals surface area contributed by atoms with E-state index in [1.165, 1.54) is 14.2 Å². The summed E-state index contributed by atoms with van der Waals surface area (Å²) < 4.78 is 9.18. The molecule has 0 saturated heterocycles. The van der Waals surface area contributed by atoms with Crippen LogP contribution in [0.3, 0.4) is 0 Å². The van der Waals surface area contributed by atoms with Gasteiger partial charge in [-0.2, -0.15) is 0 Å². The van der Waals surface area contributed by atoms with E-state index in [0.717, 1.165) is 11.1 Å². The number of esters is 2. The number of carbonyl (C=O) groups is 2. The largest absolute Gasteiger partial charge is 0.469 e. The third kappa shape index (κ3) is 4.05. The Morgan fingerprint density at radius 1 is 1.11 bits per heavy atom. The van der Waals surface area contributed by atoms with Crippen LogP contribution in [0.4, 0.5) is 0 Å². The first-order valence-corrected chi connectivity index (χ1v) is 5.49. The maximum Gasteiger partial charge on any atom is 0.334 e. The van der Waals surface area contributed by atoms with Gasteiger partial charge in [-0.1, -0.05) is 29.8 Å². The minimum Gasteiger partial charge on any atom is -0.469 e. The van der Waals surface area contributed by atoms with Crippen LogP contribution in [0, 0.1) is 6.92 Å². The number of ether oxygens (including phenoxy) is 2. The van der Waals surface area contributed by atoms with Gasteiger partial charge in [0.25, 0.3) is 0 Å². The smallest absolute Gasteiger partial charge is 0.334 e. The Morgan fingerprint density at radius 3 is 2.22 bits per heavy atom. The summed E-state index contributed by atoms with van der Waals surface area (Å²) in [6.07, 6.45) is 1.53. The number of aryl methyl sites for hydroxylation is 1. The van der Waals surface area contributed by atoms with E-state index in [4.69, 9.17) is 0 Å². The van der Waals surface area contributed by atoms with E-state index in [2.05, 4.69) is 9.47 Å². The molecule has 0 aromatic heterocycles. The van der Waals surface area contributed by atoms with Crippen molar-refractivity contribution in [2.24, 2.45) is 0 Å². The highest BCUT2D eigenvalue weighted by molar-refractivity contribution is 5.98. The summed E-state index contributed by atoms with van der Waals surface area (Å²) >= 11 is 0. The van der Waals surface area contributed by atoms with Crippen LogP contribution >= 0.6 is 0 Å². The first-order valence-electron chi connectivity index (χ1n) is 5.49. The molecule has 0 fully saturated rings. The molecule has 0 N–H and O–H groups in total. The Bertz CT molecular complexity index is 457. The third-order valence-corrected chi connectivity index (χ3v) is 2.43. The van der Waals surface area contributed by atoms with Crippen molar-refractivity contribution in [1.82, 2.24) is 0 Å². The van der Waals surface area contributed by atoms with Crippen molar-refractivity contribution in [3.63, 3.8) is 0 Å². The number of carbonyl (C=O) groups excluding carboxylic acids is 2. The molecule has 0 heterocycles. The van der Waals surface area contributed by atoms with Gasteiger partial charge >= 0.3 is 11.9 Å². The number of rotatable bonds is 4. The molecule has 18 heavy (non-hydrogen) atoms. The van der Waals surface area contributed by atoms with E-state index in [1.54, 1.807) is 6.08 Å². The first kappa shape index (κ1) is 14.0. The van der Waals surface area contributed by atoms with Crippen molar-refractivity contribution in [3.05, 3.63) is 41.0 Å². The lowest BCUT2D eigenvalue weighted by atomic mass is 10.1. The molecule has 0 amide bonds. The van der Waals surface area contributed by atoms with Crippen LogP contribution in [0.5, 0.6) is 0 Å². The fraction of sp³-hybridized carbons (Fsp3) is 0.286. The summed E-state index contributed by atoms with van der Waals surface area (Å²) in [6, 6.07) is 7.60. The van der Waals surface area contributed by atoms with Crippen molar-refractivity contribution in [2.45, 2.75) is 13.3 Å². The minimum absolute atomic E-state index is 0.100. The second-order valence-corrected chi connectivity index (χ2v) is 3.82. The zero-order chi connectivity index (χ0) is 13.5. The van der Waals surface area contributed by atoms with E-state index in [9.17, 15) is 9.59 Å². The van der Waals surface area contributed by atoms with Gasteiger partial charge in [-0.3, -0.25) is 4.79 Å². The SMILES string of the molecule is COC(=O)C/C(=C\c1ccc(C)cc1)C(=O)OC. The highest BCUT2D eigenvalue weighted by atomic mass is 16.5. The summed E-state index contributed by atoms with van der Waals surface area (Å²) in [4.78, 5) is 22.8. The summed E-state index contributed by atoms with van der Waals surface area (Å²) in [5, 5.41) is 0. The van der Waals surface area contributed by atoms with E-state index in [0.29, 0.717) is 0 Å². The van der Waals surface area contributed by atoms with Crippen molar-refractivity contribution >= 4 is 18.0 Å². The summed E-state index contributed by atoms with van der Waals surface area (Å²) in [5.41, 5.74) is 2.23. The Morgan fingerprint density at radius 2 is 1.72 bits per heavy atom. The summed E-state index contributed by atoms with van der Waals surface area (Å²) in [5.74, 6) is -1.00. The van der Waals surface area contributed by atoms with Crippen LogP contribution < -0.4 is 0 Å². The van der Waals surface area contributed by atoms with Crippen LogP contribution in [0.25, 0.3) is 6.08 Å². The quantitative estimate of drug-likeness (QED) is 0.605. The van der Waals surface area contributed by atoms with Crippen LogP contribution in [-0.2, 0) is 19.1 Å². The molecule has 0 saturated carbocycles. The Hall–Kier alpha value is -2.10. The van der Waals surface area contributed by atoms with Crippen molar-refractivity contribution < 1.29 is 19.1 Å². The van der Waals surface area contributed by atoms with E-state index >= 15 is 0 Å². The second-order valence-electron chi connectivity index (χ2n) is 3.82. The summed E-state index contributed by atoms with van der Waals surface area (Å²) in [7, 11) is 2.56. The molecule has 1 aromatic carbocycles. The molecule has 0 bridgehead atoms. The number of hydrogen-bond acceptors (Lipinski definition) is 4. The standard InChI is InChI=1S/C14H16O4/c1-10-4-6-11(7-5-10)8-12(14(16)18-3)9-13(15)17-2/h4-8H,9H2,1-3H3/b12-8+. The normalized spacial score (nSPS) is 10.9. The number of hydrogen-bond donors (Lipinski definition) is 0. The van der Waals surface area contributed by atoms with Gasteiger partial charge in [0.15, 0.2) is 0 Å². The van der Waals surface area contributed by atoms with Crippen LogP contribution in [0.1, 0.15) is 17.5 Å². The van der Waals surface area contributed by atoms with Crippen molar-refractivity contribution in [1.29, 1.82) is 0 Å². The van der Waals surface area contributed by atoms with E-state index in [1.807, 2.05) is 31.2 Å². The van der Waals surface area contributed by atoms with Gasteiger partial charge in [0, 0.05) is 5.57 Å². The molecule has 4 heteroatoms. The lowest BCUT2D eigenvalue weighted by Gasteiger charge is -2.04. The minimum atomic E-state index is -0.527. The predicted octanol–water partition coefficient (Wildman–Crippen LogP) is 2.11. The maximum absolute atomic E-state index is 11.5. The van der Waals surface area contributed by atoms with E-state index < -0.39 is 11.9 Å². The van der Waals surface area contributed by atoms with Gasteiger partial charge in [-0.05, 0) is 18.6 Å². The third-order valence-electron chi connectivity index (χ3n) is 2.43. The Labute approximate surface area is 106 Å². The number of methoxy groups -OCH3 is 2. The average molecular weight is 248 g/mol. The van der Waals surface area contributed by atoms with Gasteiger partial charge in [0.05, 0.1) is 20.6 Å². The summed E-state index contributed by atoms with van der Waals surface area (Å²) in [6.45, 7) is 1.98. The van der Waals surface area contributed by atoms with Crippen LogP contribution in [-0.4, -0.2) is 26.2 Å². The molecule has 0 spiro atoms. The fourth-order valence-corrected chi connectivity index (χ4v) is 1.40. The molecule has 0 aliphatic carbocycles. The zero-order valence-corrected chi connectivity index (χ0v) is 10.7. The lowest BCUT2D eigenvalue weighted by Crippen LogP contribution is -2.10. The molecule has 4 nitrogen and oxygen atoms in total. The molecule has 0 radical (unpaired) electrons. The monoisotopic (exact) mass is 248 g/mol. The molecule has 0 aliphatic heterocycles. The molecule has 0 aliphatic rings. The van der Waals surface area contributed by atoms with Gasteiger partial charge in [-0.25, -0.2) is 4.79 Å². The highest BCUT2D eigenvalue weighted by Crippen LogP contribution is 2.13. The molecule has 0 atom stereocenters. The van der Waals surface area contributed by atoms with Gasteiger partial charge < -0.3 is 9.47 Å². The Kier molecular flexibility index (Phi) is 5.11. The zero-order valence-electron chi connectivity index (χ0n) is 10.7. The van der Waals surface area contributed by atoms with Crippen molar-refractivity contribution in [3.8, 4) is 0 Å². The molecule has 0 unspecified atom stereocenters. The topological polar surface area (TPSA) is 52.6 Å². The molecular weight excluding hydrogens is 232 g/mol. The first-order chi connectivity index (χ1) is 8.56. The van der Waals surface area contributed by atoms with Gasteiger partial charge in [-0.15, -0.1) is 0 Å². The Balaban J connectivity index is 2.98. The predicted molar refractivity (Wildman–Crippen MR) is 67.8 cm³/mol. The molecular formula is C14H16O4. The average Bonchev–Trinajstić information content (AvgIpc) is 2.39. The molecule has 1 rings (SSSR count). The molecule has 1 aromatic rings. The fourth-order valence-electron chi connectivity index (χ4n) is 1.40. The highest BCUT2D eigenvalue weighted by Gasteiger charge is 2.14. The van der Waals surface area contributed by atoms with Crippen molar-refractivity contribution in [2.75, 3.05) is 14.2 Å².